The predicted molar refractivity (Wildman–Crippen MR) is 98.3 cm³/mol. The number of benzene rings is 1. The number of aryl methyl sites for hydroxylation is 1. The van der Waals surface area contributed by atoms with Crippen molar-refractivity contribution in [3.8, 4) is 5.75 Å². The molecule has 0 saturated carbocycles. The molecule has 0 spiro atoms. The number of unbranched alkanes of at least 4 members (excludes halogenated alkanes) is 1. The van der Waals surface area contributed by atoms with Crippen LogP contribution >= 0.6 is 0 Å². The molecule has 148 valence electrons. The zero-order chi connectivity index (χ0) is 20.0. The molecule has 1 unspecified atom stereocenters. The van der Waals surface area contributed by atoms with E-state index >= 15 is 0 Å². The standard InChI is InChI=1S/C19H29F3N2O2/c1-6-9-10-18(25,19(20,21)22)15-11-14(4)16(12-17(15)26-5)23-13-24(7-2)8-3/h11-13,25H,6-10H2,1-5H3/b23-13+. The first kappa shape index (κ1) is 22.3. The van der Waals surface area contributed by atoms with E-state index in [4.69, 9.17) is 4.74 Å². The second-order valence-corrected chi connectivity index (χ2v) is 6.27. The average Bonchev–Trinajstić information content (AvgIpc) is 2.60. The zero-order valence-corrected chi connectivity index (χ0v) is 16.2. The van der Waals surface area contributed by atoms with Gasteiger partial charge in [0.15, 0.2) is 5.60 Å². The molecule has 0 aliphatic carbocycles. The summed E-state index contributed by atoms with van der Waals surface area (Å²) in [5.41, 5.74) is -2.15. The monoisotopic (exact) mass is 374 g/mol. The van der Waals surface area contributed by atoms with Crippen LogP contribution < -0.4 is 4.74 Å². The molecule has 1 aromatic carbocycles. The van der Waals surface area contributed by atoms with Crippen LogP contribution in [0.2, 0.25) is 0 Å². The fourth-order valence-corrected chi connectivity index (χ4v) is 2.70. The number of aliphatic imine (C=N–C) groups is 1. The number of halogens is 3. The molecule has 0 aliphatic rings. The smallest absolute Gasteiger partial charge is 0.421 e. The summed E-state index contributed by atoms with van der Waals surface area (Å²) in [6.45, 7) is 8.99. The Balaban J connectivity index is 3.42. The summed E-state index contributed by atoms with van der Waals surface area (Å²) in [5.74, 6) is -0.0155. The lowest BCUT2D eigenvalue weighted by Gasteiger charge is -2.32. The maximum Gasteiger partial charge on any atom is 0.421 e. The summed E-state index contributed by atoms with van der Waals surface area (Å²) in [5, 5.41) is 10.5. The Kier molecular flexibility index (Phi) is 7.93. The topological polar surface area (TPSA) is 45.1 Å². The second-order valence-electron chi connectivity index (χ2n) is 6.27. The molecule has 1 N–H and O–H groups in total. The average molecular weight is 374 g/mol. The van der Waals surface area contributed by atoms with Gasteiger partial charge in [-0.3, -0.25) is 0 Å². The lowest BCUT2D eigenvalue weighted by atomic mass is 9.86. The lowest BCUT2D eigenvalue weighted by Crippen LogP contribution is -2.42. The first-order valence-corrected chi connectivity index (χ1v) is 8.90. The Morgan fingerprint density at radius 3 is 2.27 bits per heavy atom. The number of nitrogens with zero attached hydrogens (tertiary/aromatic N) is 2. The highest BCUT2D eigenvalue weighted by molar-refractivity contribution is 5.65. The Bertz CT molecular complexity index is 614. The molecule has 0 fully saturated rings. The number of methoxy groups -OCH3 is 1. The van der Waals surface area contributed by atoms with Gasteiger partial charge in [-0.05, 0) is 38.8 Å². The van der Waals surface area contributed by atoms with Gasteiger partial charge >= 0.3 is 6.18 Å². The van der Waals surface area contributed by atoms with Crippen LogP contribution in [-0.2, 0) is 5.60 Å². The van der Waals surface area contributed by atoms with Gasteiger partial charge in [0.05, 0.1) is 19.1 Å². The summed E-state index contributed by atoms with van der Waals surface area (Å²) in [6, 6.07) is 2.78. The highest BCUT2D eigenvalue weighted by Crippen LogP contribution is 2.47. The number of aliphatic hydroxyl groups is 1. The first-order valence-electron chi connectivity index (χ1n) is 8.90. The molecule has 0 radical (unpaired) electrons. The van der Waals surface area contributed by atoms with Gasteiger partial charge in [-0.1, -0.05) is 19.8 Å². The maximum absolute atomic E-state index is 13.7. The van der Waals surface area contributed by atoms with E-state index in [0.717, 1.165) is 13.1 Å². The van der Waals surface area contributed by atoms with Crippen molar-refractivity contribution in [2.45, 2.75) is 58.7 Å². The van der Waals surface area contributed by atoms with Gasteiger partial charge in [-0.15, -0.1) is 0 Å². The van der Waals surface area contributed by atoms with Crippen LogP contribution in [0.1, 0.15) is 51.2 Å². The van der Waals surface area contributed by atoms with Crippen LogP contribution in [-0.4, -0.2) is 42.7 Å². The van der Waals surface area contributed by atoms with Crippen LogP contribution in [0.3, 0.4) is 0 Å². The molecule has 4 nitrogen and oxygen atoms in total. The Hall–Kier alpha value is -1.76. The molecule has 1 aromatic rings. The third kappa shape index (κ3) is 4.90. The fraction of sp³-hybridized carbons (Fsp3) is 0.632. The summed E-state index contributed by atoms with van der Waals surface area (Å²) in [6.07, 6.45) is -2.75. The SMILES string of the molecule is CCCCC(O)(c1cc(C)c(/N=C/N(CC)CC)cc1OC)C(F)(F)F. The molecule has 1 atom stereocenters. The van der Waals surface area contributed by atoms with Crippen molar-refractivity contribution < 1.29 is 23.0 Å². The van der Waals surface area contributed by atoms with Crippen LogP contribution in [0.25, 0.3) is 0 Å². The lowest BCUT2D eigenvalue weighted by molar-refractivity contribution is -0.270. The number of ether oxygens (including phenoxy) is 1. The minimum atomic E-state index is -4.80. The number of rotatable bonds is 9. The molecule has 0 aromatic heterocycles. The van der Waals surface area contributed by atoms with E-state index in [9.17, 15) is 18.3 Å². The van der Waals surface area contributed by atoms with E-state index in [2.05, 4.69) is 4.99 Å². The van der Waals surface area contributed by atoms with Gasteiger partial charge in [0.1, 0.15) is 5.75 Å². The number of hydrogen-bond acceptors (Lipinski definition) is 3. The van der Waals surface area contributed by atoms with E-state index < -0.39 is 18.2 Å². The normalized spacial score (nSPS) is 14.5. The summed E-state index contributed by atoms with van der Waals surface area (Å²) in [4.78, 5) is 6.33. The van der Waals surface area contributed by atoms with Crippen molar-refractivity contribution in [3.05, 3.63) is 23.3 Å². The molecule has 1 rings (SSSR count). The van der Waals surface area contributed by atoms with E-state index in [1.165, 1.54) is 19.2 Å². The molecule has 0 heterocycles. The molecule has 26 heavy (non-hydrogen) atoms. The Morgan fingerprint density at radius 1 is 1.19 bits per heavy atom. The molecule has 0 amide bonds. The van der Waals surface area contributed by atoms with Crippen LogP contribution in [0.5, 0.6) is 5.75 Å². The van der Waals surface area contributed by atoms with E-state index in [1.807, 2.05) is 18.7 Å². The fourth-order valence-electron chi connectivity index (χ4n) is 2.70. The van der Waals surface area contributed by atoms with Crippen molar-refractivity contribution in [3.63, 3.8) is 0 Å². The maximum atomic E-state index is 13.7. The number of hydrogen-bond donors (Lipinski definition) is 1. The minimum absolute atomic E-state index is 0.0155. The summed E-state index contributed by atoms with van der Waals surface area (Å²) >= 11 is 0. The van der Waals surface area contributed by atoms with Gasteiger partial charge in [-0.25, -0.2) is 4.99 Å². The molecular weight excluding hydrogens is 345 g/mol. The van der Waals surface area contributed by atoms with Gasteiger partial charge in [0.25, 0.3) is 0 Å². The third-order valence-electron chi connectivity index (χ3n) is 4.50. The Morgan fingerprint density at radius 2 is 1.81 bits per heavy atom. The van der Waals surface area contributed by atoms with E-state index in [1.54, 1.807) is 20.2 Å². The third-order valence-corrected chi connectivity index (χ3v) is 4.50. The quantitative estimate of drug-likeness (QED) is 0.492. The van der Waals surface area contributed by atoms with Crippen molar-refractivity contribution >= 4 is 12.0 Å². The minimum Gasteiger partial charge on any atom is -0.496 e. The number of alkyl halides is 3. The highest BCUT2D eigenvalue weighted by atomic mass is 19.4. The first-order chi connectivity index (χ1) is 12.1. The summed E-state index contributed by atoms with van der Waals surface area (Å²) in [7, 11) is 1.29. The van der Waals surface area contributed by atoms with Crippen molar-refractivity contribution in [2.24, 2.45) is 4.99 Å². The van der Waals surface area contributed by atoms with Crippen LogP contribution in [0.4, 0.5) is 18.9 Å². The summed E-state index contributed by atoms with van der Waals surface area (Å²) < 4.78 is 46.2. The van der Waals surface area contributed by atoms with E-state index in [0.29, 0.717) is 17.7 Å². The zero-order valence-electron chi connectivity index (χ0n) is 16.2. The van der Waals surface area contributed by atoms with Crippen molar-refractivity contribution in [2.75, 3.05) is 20.2 Å². The van der Waals surface area contributed by atoms with Gasteiger partial charge in [0.2, 0.25) is 0 Å². The van der Waals surface area contributed by atoms with Gasteiger partial charge in [-0.2, -0.15) is 13.2 Å². The Labute approximate surface area is 153 Å². The van der Waals surface area contributed by atoms with Crippen molar-refractivity contribution in [1.29, 1.82) is 0 Å². The van der Waals surface area contributed by atoms with Crippen LogP contribution in [0, 0.1) is 6.92 Å². The largest absolute Gasteiger partial charge is 0.496 e. The molecule has 0 aliphatic heterocycles. The molecule has 7 heteroatoms. The van der Waals surface area contributed by atoms with Crippen molar-refractivity contribution in [1.82, 2.24) is 4.90 Å². The van der Waals surface area contributed by atoms with Gasteiger partial charge in [0, 0.05) is 24.7 Å². The predicted octanol–water partition coefficient (Wildman–Crippen LogP) is 4.95. The highest BCUT2D eigenvalue weighted by Gasteiger charge is 2.55. The molecule has 0 saturated heterocycles. The molecule has 0 bridgehead atoms. The van der Waals surface area contributed by atoms with Crippen LogP contribution in [0.15, 0.2) is 17.1 Å². The second kappa shape index (κ2) is 9.26. The van der Waals surface area contributed by atoms with Gasteiger partial charge < -0.3 is 14.7 Å². The molecular formula is C19H29F3N2O2. The van der Waals surface area contributed by atoms with E-state index in [-0.39, 0.29) is 17.7 Å².